The van der Waals surface area contributed by atoms with Gasteiger partial charge in [-0.1, -0.05) is 6.08 Å². The molecule has 0 bridgehead atoms. The zero-order valence-corrected chi connectivity index (χ0v) is 13.3. The van der Waals surface area contributed by atoms with E-state index < -0.39 is 0 Å². The largest absolute Gasteiger partial charge is 0.490 e. The maximum absolute atomic E-state index is 6.16. The van der Waals surface area contributed by atoms with Crippen LogP contribution in [0.2, 0.25) is 0 Å². The van der Waals surface area contributed by atoms with Crippen LogP contribution < -0.4 is 0 Å². The lowest BCUT2D eigenvalue weighted by Crippen LogP contribution is -2.41. The van der Waals surface area contributed by atoms with Gasteiger partial charge in [0.2, 0.25) is 0 Å². The molecule has 2 aliphatic heterocycles. The second-order valence-electron chi connectivity index (χ2n) is 7.73. The lowest BCUT2D eigenvalue weighted by molar-refractivity contribution is -0.0131. The Kier molecular flexibility index (Phi) is 3.55. The first kappa shape index (κ1) is 14.6. The molecule has 0 aromatic rings. The first-order valence-electron chi connectivity index (χ1n) is 7.96. The fraction of sp³-hybridized carbons (Fsp3) is 0.875. The highest BCUT2D eigenvalue weighted by Crippen LogP contribution is 2.45. The number of allylic oxidation sites excluding steroid dienone is 2. The van der Waals surface area contributed by atoms with Crippen LogP contribution >= 0.6 is 0 Å². The van der Waals surface area contributed by atoms with E-state index in [-0.39, 0.29) is 18.3 Å². The van der Waals surface area contributed by atoms with Gasteiger partial charge in [-0.05, 0) is 70.7 Å². The van der Waals surface area contributed by atoms with Gasteiger partial charge in [0.1, 0.15) is 0 Å². The van der Waals surface area contributed by atoms with Crippen molar-refractivity contribution >= 4 is 7.12 Å². The van der Waals surface area contributed by atoms with E-state index in [9.17, 15) is 0 Å². The van der Waals surface area contributed by atoms with Crippen molar-refractivity contribution in [1.29, 1.82) is 0 Å². The molecule has 4 heteroatoms. The number of hydrogen-bond donors (Lipinski definition) is 0. The Morgan fingerprint density at radius 3 is 2.25 bits per heavy atom. The van der Waals surface area contributed by atoms with E-state index in [0.29, 0.717) is 5.41 Å². The summed E-state index contributed by atoms with van der Waals surface area (Å²) in [5.74, 6) is 0. The summed E-state index contributed by atoms with van der Waals surface area (Å²) in [6, 6.07) is 0. The lowest BCUT2D eigenvalue weighted by Gasteiger charge is -2.39. The van der Waals surface area contributed by atoms with Crippen LogP contribution in [0.15, 0.2) is 11.5 Å². The third-order valence-electron chi connectivity index (χ3n) is 5.70. The lowest BCUT2D eigenvalue weighted by atomic mass is 9.64. The minimum absolute atomic E-state index is 0.151. The molecule has 0 N–H and O–H groups in total. The number of hydrogen-bond acceptors (Lipinski definition) is 3. The third kappa shape index (κ3) is 2.47. The second kappa shape index (κ2) is 4.86. The fourth-order valence-corrected chi connectivity index (χ4v) is 3.44. The molecule has 0 radical (unpaired) electrons. The Morgan fingerprint density at radius 2 is 1.75 bits per heavy atom. The highest BCUT2D eigenvalue weighted by atomic mass is 16.7. The van der Waals surface area contributed by atoms with Crippen LogP contribution in [0.3, 0.4) is 0 Å². The maximum atomic E-state index is 6.16. The molecule has 2 saturated heterocycles. The summed E-state index contributed by atoms with van der Waals surface area (Å²) in [5.41, 5.74) is 1.26. The highest BCUT2D eigenvalue weighted by molar-refractivity contribution is 6.54. The molecule has 0 aromatic carbocycles. The summed E-state index contributed by atoms with van der Waals surface area (Å²) in [7, 11) is -0.151. The van der Waals surface area contributed by atoms with Crippen LogP contribution in [0.1, 0.15) is 59.8 Å². The molecule has 3 rings (SSSR count). The quantitative estimate of drug-likeness (QED) is 0.687. The fourth-order valence-electron chi connectivity index (χ4n) is 3.44. The van der Waals surface area contributed by atoms with Gasteiger partial charge in [0.25, 0.3) is 0 Å². The first-order valence-corrected chi connectivity index (χ1v) is 7.96. The standard InChI is InChI=1S/C16H27BO3/c1-14(2)15(3,4)20-17(19-14)13-6-9-16(10-7-13)8-5-11-18-12-16/h6H,5,7-12H2,1-4H3. The summed E-state index contributed by atoms with van der Waals surface area (Å²) in [6.07, 6.45) is 8.29. The molecule has 0 aromatic heterocycles. The molecule has 1 unspecified atom stereocenters. The van der Waals surface area contributed by atoms with Crippen molar-refractivity contribution in [2.24, 2.45) is 5.41 Å². The van der Waals surface area contributed by atoms with Crippen LogP contribution in [-0.4, -0.2) is 31.5 Å². The Labute approximate surface area is 123 Å². The van der Waals surface area contributed by atoms with Crippen molar-refractivity contribution in [1.82, 2.24) is 0 Å². The molecule has 0 amide bonds. The summed E-state index contributed by atoms with van der Waals surface area (Å²) in [5, 5.41) is 0. The van der Waals surface area contributed by atoms with Gasteiger partial charge in [0.15, 0.2) is 0 Å². The highest BCUT2D eigenvalue weighted by Gasteiger charge is 2.53. The van der Waals surface area contributed by atoms with Gasteiger partial charge in [-0.3, -0.25) is 0 Å². The molecule has 2 heterocycles. The Hall–Kier alpha value is -0.315. The van der Waals surface area contributed by atoms with Gasteiger partial charge in [0, 0.05) is 6.61 Å². The smallest absolute Gasteiger partial charge is 0.400 e. The van der Waals surface area contributed by atoms with Crippen molar-refractivity contribution in [2.75, 3.05) is 13.2 Å². The Morgan fingerprint density at radius 1 is 1.05 bits per heavy atom. The van der Waals surface area contributed by atoms with Crippen LogP contribution in [0, 0.1) is 5.41 Å². The van der Waals surface area contributed by atoms with Crippen LogP contribution in [-0.2, 0) is 14.0 Å². The van der Waals surface area contributed by atoms with E-state index in [0.717, 1.165) is 26.1 Å². The average Bonchev–Trinajstić information content (AvgIpc) is 2.60. The van der Waals surface area contributed by atoms with E-state index in [1.54, 1.807) is 0 Å². The topological polar surface area (TPSA) is 27.7 Å². The van der Waals surface area contributed by atoms with Gasteiger partial charge in [-0.15, -0.1) is 0 Å². The summed E-state index contributed by atoms with van der Waals surface area (Å²) >= 11 is 0. The van der Waals surface area contributed by atoms with E-state index in [4.69, 9.17) is 14.0 Å². The second-order valence-corrected chi connectivity index (χ2v) is 7.73. The molecular formula is C16H27BO3. The predicted molar refractivity (Wildman–Crippen MR) is 80.5 cm³/mol. The van der Waals surface area contributed by atoms with Crippen molar-refractivity contribution < 1.29 is 14.0 Å². The molecular weight excluding hydrogens is 251 g/mol. The molecule has 1 atom stereocenters. The zero-order valence-electron chi connectivity index (χ0n) is 13.3. The molecule has 20 heavy (non-hydrogen) atoms. The van der Waals surface area contributed by atoms with Crippen molar-refractivity contribution in [3.8, 4) is 0 Å². The zero-order chi connectivity index (χ0) is 14.4. The van der Waals surface area contributed by atoms with E-state index in [2.05, 4.69) is 33.8 Å². The van der Waals surface area contributed by atoms with Crippen LogP contribution in [0.4, 0.5) is 0 Å². The third-order valence-corrected chi connectivity index (χ3v) is 5.70. The van der Waals surface area contributed by atoms with Crippen molar-refractivity contribution in [3.05, 3.63) is 11.5 Å². The molecule has 1 spiro atoms. The minimum atomic E-state index is -0.235. The average molecular weight is 278 g/mol. The summed E-state index contributed by atoms with van der Waals surface area (Å²) in [6.45, 7) is 10.3. The molecule has 0 saturated carbocycles. The van der Waals surface area contributed by atoms with Gasteiger partial charge in [0.05, 0.1) is 17.8 Å². The molecule has 3 nitrogen and oxygen atoms in total. The SMILES string of the molecule is CC1(C)OB(C2=CCC3(CCCOC3)CC2)OC1(C)C. The first-order chi connectivity index (χ1) is 9.34. The van der Waals surface area contributed by atoms with E-state index in [1.807, 2.05) is 0 Å². The van der Waals surface area contributed by atoms with E-state index in [1.165, 1.54) is 24.7 Å². The molecule has 112 valence electrons. The van der Waals surface area contributed by atoms with E-state index >= 15 is 0 Å². The minimum Gasteiger partial charge on any atom is -0.400 e. The Bertz CT molecular complexity index is 392. The monoisotopic (exact) mass is 278 g/mol. The van der Waals surface area contributed by atoms with Crippen molar-refractivity contribution in [2.45, 2.75) is 71.0 Å². The maximum Gasteiger partial charge on any atom is 0.490 e. The van der Waals surface area contributed by atoms with Crippen molar-refractivity contribution in [3.63, 3.8) is 0 Å². The summed E-state index contributed by atoms with van der Waals surface area (Å²) in [4.78, 5) is 0. The number of ether oxygens (including phenoxy) is 1. The van der Waals surface area contributed by atoms with Crippen LogP contribution in [0.5, 0.6) is 0 Å². The normalized spacial score (nSPS) is 36.2. The van der Waals surface area contributed by atoms with Gasteiger partial charge < -0.3 is 14.0 Å². The Balaban J connectivity index is 1.68. The summed E-state index contributed by atoms with van der Waals surface area (Å²) < 4.78 is 18.0. The predicted octanol–water partition coefficient (Wildman–Crippen LogP) is 3.52. The molecule has 3 aliphatic rings. The van der Waals surface area contributed by atoms with Gasteiger partial charge >= 0.3 is 7.12 Å². The van der Waals surface area contributed by atoms with Gasteiger partial charge in [-0.2, -0.15) is 0 Å². The molecule has 2 fully saturated rings. The number of rotatable bonds is 1. The molecule has 1 aliphatic carbocycles. The van der Waals surface area contributed by atoms with Crippen LogP contribution in [0.25, 0.3) is 0 Å². The van der Waals surface area contributed by atoms with Gasteiger partial charge in [-0.25, -0.2) is 0 Å².